The van der Waals surface area contributed by atoms with Gasteiger partial charge < -0.3 is 9.47 Å². The number of carbonyl (C=O) groups is 3. The average molecular weight is 456 g/mol. The van der Waals surface area contributed by atoms with E-state index < -0.39 is 17.8 Å². The van der Waals surface area contributed by atoms with Gasteiger partial charge in [0, 0.05) is 0 Å². The Labute approximate surface area is 197 Å². The second-order valence-electron chi connectivity index (χ2n) is 7.88. The van der Waals surface area contributed by atoms with Crippen LogP contribution in [0.3, 0.4) is 0 Å². The highest BCUT2D eigenvalue weighted by molar-refractivity contribution is 6.39. The maximum Gasteiger partial charge on any atom is 0.335 e. The Morgan fingerprint density at radius 2 is 1.41 bits per heavy atom. The third-order valence-electron chi connectivity index (χ3n) is 5.20. The van der Waals surface area contributed by atoms with Crippen molar-refractivity contribution < 1.29 is 23.9 Å². The summed E-state index contributed by atoms with van der Waals surface area (Å²) in [7, 11) is 0. The first kappa shape index (κ1) is 22.8. The molecule has 7 heteroatoms. The number of urea groups is 1. The molecule has 1 fully saturated rings. The molecule has 3 aromatic rings. The van der Waals surface area contributed by atoms with Gasteiger partial charge in [-0.15, -0.1) is 0 Å². The lowest BCUT2D eigenvalue weighted by atomic mass is 10.1. The lowest BCUT2D eigenvalue weighted by molar-refractivity contribution is -0.122. The first-order valence-corrected chi connectivity index (χ1v) is 10.8. The second-order valence-corrected chi connectivity index (χ2v) is 7.88. The van der Waals surface area contributed by atoms with Gasteiger partial charge in [-0.1, -0.05) is 47.5 Å². The quantitative estimate of drug-likeness (QED) is 0.323. The minimum atomic E-state index is -0.776. The number of aryl methyl sites for hydroxylation is 2. The number of ether oxygens (including phenoxy) is 2. The fraction of sp³-hybridized carbons (Fsp3) is 0.148. The van der Waals surface area contributed by atoms with Gasteiger partial charge in [0.25, 0.3) is 11.8 Å². The molecule has 1 heterocycles. The molecular weight excluding hydrogens is 432 g/mol. The highest BCUT2D eigenvalue weighted by atomic mass is 16.5. The average Bonchev–Trinajstić information content (AvgIpc) is 2.82. The monoisotopic (exact) mass is 456 g/mol. The van der Waals surface area contributed by atoms with Crippen molar-refractivity contribution in [3.63, 3.8) is 0 Å². The molecule has 0 bridgehead atoms. The van der Waals surface area contributed by atoms with Crippen LogP contribution in [0, 0.1) is 13.8 Å². The Morgan fingerprint density at radius 1 is 0.794 bits per heavy atom. The van der Waals surface area contributed by atoms with E-state index in [0.29, 0.717) is 30.2 Å². The van der Waals surface area contributed by atoms with E-state index in [1.54, 1.807) is 48.5 Å². The molecule has 1 N–H and O–H groups in total. The Hall–Kier alpha value is -4.39. The maximum absolute atomic E-state index is 13.0. The van der Waals surface area contributed by atoms with E-state index >= 15 is 0 Å². The van der Waals surface area contributed by atoms with Gasteiger partial charge in [0.05, 0.1) is 5.69 Å². The van der Waals surface area contributed by atoms with Crippen LogP contribution in [0.4, 0.5) is 10.5 Å². The third kappa shape index (κ3) is 5.32. The summed E-state index contributed by atoms with van der Waals surface area (Å²) in [5.41, 5.74) is 2.98. The first-order valence-electron chi connectivity index (χ1n) is 10.8. The van der Waals surface area contributed by atoms with Gasteiger partial charge in [-0.05, 0) is 61.9 Å². The molecule has 1 aliphatic rings. The molecule has 0 aliphatic carbocycles. The van der Waals surface area contributed by atoms with Crippen LogP contribution >= 0.6 is 0 Å². The van der Waals surface area contributed by atoms with Gasteiger partial charge in [0.2, 0.25) is 0 Å². The zero-order valence-corrected chi connectivity index (χ0v) is 18.9. The molecular formula is C27H24N2O5. The third-order valence-corrected chi connectivity index (χ3v) is 5.20. The van der Waals surface area contributed by atoms with E-state index in [0.717, 1.165) is 21.8 Å². The minimum absolute atomic E-state index is 0.139. The summed E-state index contributed by atoms with van der Waals surface area (Å²) in [4.78, 5) is 38.7. The first-order chi connectivity index (χ1) is 16.4. The van der Waals surface area contributed by atoms with Crippen molar-refractivity contribution in [2.45, 2.75) is 13.8 Å². The minimum Gasteiger partial charge on any atom is -0.490 e. The van der Waals surface area contributed by atoms with Crippen LogP contribution in [0.15, 0.2) is 78.4 Å². The van der Waals surface area contributed by atoms with E-state index in [-0.39, 0.29) is 5.57 Å². The van der Waals surface area contributed by atoms with E-state index in [1.165, 1.54) is 6.08 Å². The molecule has 0 aromatic heterocycles. The number of carbonyl (C=O) groups excluding carboxylic acids is 3. The number of benzene rings is 3. The number of hydrogen-bond acceptors (Lipinski definition) is 5. The molecule has 4 amide bonds. The zero-order valence-electron chi connectivity index (χ0n) is 18.9. The summed E-state index contributed by atoms with van der Waals surface area (Å²) in [6.45, 7) is 4.60. The maximum atomic E-state index is 13.0. The Bertz CT molecular complexity index is 1250. The normalized spacial score (nSPS) is 14.8. The number of nitrogens with one attached hydrogen (secondary N) is 1. The molecule has 0 saturated carbocycles. The second kappa shape index (κ2) is 10.0. The van der Waals surface area contributed by atoms with Gasteiger partial charge >= 0.3 is 6.03 Å². The van der Waals surface area contributed by atoms with Gasteiger partial charge in [-0.2, -0.15) is 0 Å². The fourth-order valence-corrected chi connectivity index (χ4v) is 3.40. The van der Waals surface area contributed by atoms with Crippen molar-refractivity contribution >= 4 is 29.6 Å². The van der Waals surface area contributed by atoms with E-state index in [1.807, 2.05) is 38.1 Å². The Morgan fingerprint density at radius 3 is 2.09 bits per heavy atom. The van der Waals surface area contributed by atoms with Crippen molar-refractivity contribution in [2.75, 3.05) is 18.1 Å². The Kier molecular flexibility index (Phi) is 6.73. The highest BCUT2D eigenvalue weighted by Crippen LogP contribution is 2.23. The standard InChI is InChI=1S/C27H24N2O5/c1-18-6-10-21(11-7-18)29-26(31)24(25(30)28-27(29)32)17-20-4-3-5-23(16-20)34-15-14-33-22-12-8-19(2)9-13-22/h3-13,16-17H,14-15H2,1-2H3,(H,28,30,32)/b24-17+. The van der Waals surface area contributed by atoms with Crippen molar-refractivity contribution in [3.8, 4) is 11.5 Å². The molecule has 0 spiro atoms. The summed E-state index contributed by atoms with van der Waals surface area (Å²) >= 11 is 0. The predicted octanol–water partition coefficient (Wildman–Crippen LogP) is 4.43. The van der Waals surface area contributed by atoms with Crippen LogP contribution in [0.1, 0.15) is 16.7 Å². The topological polar surface area (TPSA) is 84.9 Å². The summed E-state index contributed by atoms with van der Waals surface area (Å²) in [5, 5.41) is 2.23. The number of hydrogen-bond donors (Lipinski definition) is 1. The number of anilines is 1. The molecule has 1 aliphatic heterocycles. The van der Waals surface area contributed by atoms with Crippen molar-refractivity contribution in [2.24, 2.45) is 0 Å². The van der Waals surface area contributed by atoms with Crippen molar-refractivity contribution in [1.29, 1.82) is 0 Å². The number of rotatable bonds is 7. The van der Waals surface area contributed by atoms with Crippen LogP contribution < -0.4 is 19.7 Å². The SMILES string of the molecule is Cc1ccc(OCCOc2cccc(/C=C3\C(=O)NC(=O)N(c4ccc(C)cc4)C3=O)c2)cc1. The van der Waals surface area contributed by atoms with E-state index in [4.69, 9.17) is 9.47 Å². The van der Waals surface area contributed by atoms with Crippen molar-refractivity contribution in [1.82, 2.24) is 5.32 Å². The van der Waals surface area contributed by atoms with Crippen LogP contribution in [0.2, 0.25) is 0 Å². The fourth-order valence-electron chi connectivity index (χ4n) is 3.40. The molecule has 1 saturated heterocycles. The van der Waals surface area contributed by atoms with Crippen LogP contribution in [-0.4, -0.2) is 31.1 Å². The lowest BCUT2D eigenvalue weighted by Crippen LogP contribution is -2.54. The molecule has 34 heavy (non-hydrogen) atoms. The number of barbiturate groups is 1. The molecule has 4 rings (SSSR count). The number of nitrogens with zero attached hydrogens (tertiary/aromatic N) is 1. The van der Waals surface area contributed by atoms with Crippen LogP contribution in [0.25, 0.3) is 6.08 Å². The summed E-state index contributed by atoms with van der Waals surface area (Å²) in [5.74, 6) is -0.0919. The number of amides is 4. The summed E-state index contributed by atoms with van der Waals surface area (Å²) in [6, 6.07) is 20.9. The lowest BCUT2D eigenvalue weighted by Gasteiger charge is -2.26. The molecule has 172 valence electrons. The largest absolute Gasteiger partial charge is 0.490 e. The van der Waals surface area contributed by atoms with Crippen molar-refractivity contribution in [3.05, 3.63) is 95.1 Å². The molecule has 7 nitrogen and oxygen atoms in total. The predicted molar refractivity (Wildman–Crippen MR) is 129 cm³/mol. The summed E-state index contributed by atoms with van der Waals surface area (Å²) in [6.07, 6.45) is 1.45. The Balaban J connectivity index is 1.44. The highest BCUT2D eigenvalue weighted by Gasteiger charge is 2.36. The van der Waals surface area contributed by atoms with E-state index in [9.17, 15) is 14.4 Å². The number of imide groups is 2. The zero-order chi connectivity index (χ0) is 24.1. The van der Waals surface area contributed by atoms with Crippen LogP contribution in [-0.2, 0) is 9.59 Å². The smallest absolute Gasteiger partial charge is 0.335 e. The van der Waals surface area contributed by atoms with Gasteiger partial charge in [0.1, 0.15) is 30.3 Å². The van der Waals surface area contributed by atoms with Gasteiger partial charge in [0.15, 0.2) is 0 Å². The van der Waals surface area contributed by atoms with E-state index in [2.05, 4.69) is 5.32 Å². The molecule has 3 aromatic carbocycles. The van der Waals surface area contributed by atoms with Crippen LogP contribution in [0.5, 0.6) is 11.5 Å². The van der Waals surface area contributed by atoms with Gasteiger partial charge in [-0.3, -0.25) is 14.9 Å². The summed E-state index contributed by atoms with van der Waals surface area (Å²) < 4.78 is 11.4. The molecule has 0 unspecified atom stereocenters. The molecule has 0 atom stereocenters. The molecule has 0 radical (unpaired) electrons. The van der Waals surface area contributed by atoms with Gasteiger partial charge in [-0.25, -0.2) is 9.69 Å².